The second-order valence-electron chi connectivity index (χ2n) is 4.25. The molecule has 2 aromatic heterocycles. The standard InChI is InChI=1S/C13H18BrN5OS/c1-3-8-20-13-18-11(15-2)17-12(19-13)16-7-6-9-4-5-10(14)21-9/h4-5H,3,6-8H2,1-2H3,(H2,15,16,17,18,19). The van der Waals surface area contributed by atoms with Crippen LogP contribution in [-0.4, -0.2) is 35.2 Å². The lowest BCUT2D eigenvalue weighted by molar-refractivity contribution is 0.292. The number of aromatic nitrogens is 3. The Morgan fingerprint density at radius 2 is 2.05 bits per heavy atom. The molecular weight excluding hydrogens is 354 g/mol. The highest BCUT2D eigenvalue weighted by molar-refractivity contribution is 9.11. The zero-order valence-corrected chi connectivity index (χ0v) is 14.4. The van der Waals surface area contributed by atoms with Gasteiger partial charge in [-0.1, -0.05) is 6.92 Å². The van der Waals surface area contributed by atoms with Gasteiger partial charge in [0, 0.05) is 18.5 Å². The molecular formula is C13H18BrN5OS. The Hall–Kier alpha value is -1.41. The average Bonchev–Trinajstić information content (AvgIpc) is 2.90. The SMILES string of the molecule is CCCOc1nc(NC)nc(NCCc2ccc(Br)s2)n1. The van der Waals surface area contributed by atoms with E-state index in [4.69, 9.17) is 4.74 Å². The summed E-state index contributed by atoms with van der Waals surface area (Å²) in [5, 5.41) is 6.11. The molecule has 0 amide bonds. The highest BCUT2D eigenvalue weighted by atomic mass is 79.9. The number of thiophene rings is 1. The first-order valence-electron chi connectivity index (χ1n) is 6.76. The minimum atomic E-state index is 0.345. The molecule has 0 aromatic carbocycles. The molecule has 2 heterocycles. The molecule has 114 valence electrons. The topological polar surface area (TPSA) is 72.0 Å². The Bertz CT molecular complexity index is 577. The number of rotatable bonds is 8. The van der Waals surface area contributed by atoms with E-state index in [0.717, 1.165) is 23.2 Å². The van der Waals surface area contributed by atoms with Gasteiger partial charge in [-0.15, -0.1) is 11.3 Å². The van der Waals surface area contributed by atoms with Crippen molar-refractivity contribution in [2.45, 2.75) is 19.8 Å². The van der Waals surface area contributed by atoms with Crippen LogP contribution in [0.3, 0.4) is 0 Å². The molecule has 0 bridgehead atoms. The Kier molecular flexibility index (Phi) is 6.19. The predicted molar refractivity (Wildman–Crippen MR) is 89.4 cm³/mol. The van der Waals surface area contributed by atoms with Crippen molar-refractivity contribution in [2.75, 3.05) is 30.8 Å². The third-order valence-corrected chi connectivity index (χ3v) is 4.24. The largest absolute Gasteiger partial charge is 0.463 e. The van der Waals surface area contributed by atoms with Crippen molar-refractivity contribution < 1.29 is 4.74 Å². The summed E-state index contributed by atoms with van der Waals surface area (Å²) in [7, 11) is 1.77. The van der Waals surface area contributed by atoms with Crippen LogP contribution in [0.2, 0.25) is 0 Å². The van der Waals surface area contributed by atoms with E-state index in [1.807, 2.05) is 6.92 Å². The van der Waals surface area contributed by atoms with Gasteiger partial charge in [-0.3, -0.25) is 0 Å². The first-order chi connectivity index (χ1) is 10.2. The minimum Gasteiger partial charge on any atom is -0.463 e. The third kappa shape index (κ3) is 5.13. The number of nitrogens with one attached hydrogen (secondary N) is 2. The van der Waals surface area contributed by atoms with Crippen LogP contribution in [0.15, 0.2) is 15.9 Å². The smallest absolute Gasteiger partial charge is 0.323 e. The van der Waals surface area contributed by atoms with Gasteiger partial charge in [0.2, 0.25) is 11.9 Å². The summed E-state index contributed by atoms with van der Waals surface area (Å²) in [6.07, 6.45) is 1.83. The van der Waals surface area contributed by atoms with Crippen LogP contribution >= 0.6 is 27.3 Å². The predicted octanol–water partition coefficient (Wildman–Crippen LogP) is 3.18. The second-order valence-corrected chi connectivity index (χ2v) is 6.79. The van der Waals surface area contributed by atoms with E-state index in [-0.39, 0.29) is 0 Å². The van der Waals surface area contributed by atoms with Gasteiger partial charge in [0.1, 0.15) is 0 Å². The van der Waals surface area contributed by atoms with E-state index in [9.17, 15) is 0 Å². The van der Waals surface area contributed by atoms with Gasteiger partial charge in [-0.25, -0.2) is 0 Å². The molecule has 0 radical (unpaired) electrons. The molecule has 2 aromatic rings. The average molecular weight is 372 g/mol. The molecule has 2 rings (SSSR count). The van der Waals surface area contributed by atoms with Crippen molar-refractivity contribution in [1.82, 2.24) is 15.0 Å². The van der Waals surface area contributed by atoms with Crippen molar-refractivity contribution in [1.29, 1.82) is 0 Å². The van der Waals surface area contributed by atoms with Gasteiger partial charge in [-0.2, -0.15) is 15.0 Å². The highest BCUT2D eigenvalue weighted by Crippen LogP contribution is 2.22. The number of halogens is 1. The van der Waals surface area contributed by atoms with E-state index in [1.54, 1.807) is 18.4 Å². The summed E-state index contributed by atoms with van der Waals surface area (Å²) in [4.78, 5) is 14.0. The summed E-state index contributed by atoms with van der Waals surface area (Å²) < 4.78 is 6.60. The third-order valence-electron chi connectivity index (χ3n) is 2.56. The Morgan fingerprint density at radius 1 is 1.24 bits per heavy atom. The van der Waals surface area contributed by atoms with E-state index < -0.39 is 0 Å². The van der Waals surface area contributed by atoms with Crippen molar-refractivity contribution in [3.05, 3.63) is 20.8 Å². The van der Waals surface area contributed by atoms with E-state index >= 15 is 0 Å². The van der Waals surface area contributed by atoms with Crippen LogP contribution in [0.4, 0.5) is 11.9 Å². The molecule has 0 saturated heterocycles. The molecule has 8 heteroatoms. The van der Waals surface area contributed by atoms with Gasteiger partial charge >= 0.3 is 6.01 Å². The van der Waals surface area contributed by atoms with Gasteiger partial charge < -0.3 is 15.4 Å². The fourth-order valence-corrected chi connectivity index (χ4v) is 3.07. The fourth-order valence-electron chi connectivity index (χ4n) is 1.59. The van der Waals surface area contributed by atoms with E-state index in [2.05, 4.69) is 53.6 Å². The molecule has 0 saturated carbocycles. The number of hydrogen-bond acceptors (Lipinski definition) is 7. The normalized spacial score (nSPS) is 10.4. The quantitative estimate of drug-likeness (QED) is 0.742. The zero-order chi connectivity index (χ0) is 15.1. The summed E-state index contributed by atoms with van der Waals surface area (Å²) in [5.74, 6) is 1.02. The molecule has 0 unspecified atom stereocenters. The van der Waals surface area contributed by atoms with Crippen LogP contribution in [-0.2, 0) is 6.42 Å². The molecule has 0 atom stereocenters. The first kappa shape index (κ1) is 16.0. The lowest BCUT2D eigenvalue weighted by Crippen LogP contribution is -2.11. The van der Waals surface area contributed by atoms with Gasteiger partial charge in [0.05, 0.1) is 10.4 Å². The number of nitrogens with zero attached hydrogens (tertiary/aromatic N) is 3. The Morgan fingerprint density at radius 3 is 2.71 bits per heavy atom. The summed E-state index contributed by atoms with van der Waals surface area (Å²) >= 11 is 5.19. The van der Waals surface area contributed by atoms with Gasteiger partial charge in [0.15, 0.2) is 0 Å². The van der Waals surface area contributed by atoms with Crippen LogP contribution in [0.25, 0.3) is 0 Å². The Balaban J connectivity index is 1.94. The molecule has 0 spiro atoms. The maximum Gasteiger partial charge on any atom is 0.323 e. The minimum absolute atomic E-state index is 0.345. The lowest BCUT2D eigenvalue weighted by atomic mass is 10.3. The molecule has 0 aliphatic rings. The van der Waals surface area contributed by atoms with Crippen molar-refractivity contribution in [2.24, 2.45) is 0 Å². The molecule has 6 nitrogen and oxygen atoms in total. The summed E-state index contributed by atoms with van der Waals surface area (Å²) in [6, 6.07) is 4.51. The second kappa shape index (κ2) is 8.14. The van der Waals surface area contributed by atoms with Crippen molar-refractivity contribution >= 4 is 39.2 Å². The molecule has 0 aliphatic heterocycles. The maximum absolute atomic E-state index is 5.46. The molecule has 0 fully saturated rings. The summed E-state index contributed by atoms with van der Waals surface area (Å²) in [6.45, 7) is 3.39. The fraction of sp³-hybridized carbons (Fsp3) is 0.462. The molecule has 2 N–H and O–H groups in total. The van der Waals surface area contributed by atoms with E-state index in [1.165, 1.54) is 4.88 Å². The van der Waals surface area contributed by atoms with Crippen LogP contribution in [0.5, 0.6) is 6.01 Å². The Labute approximate surface area is 136 Å². The van der Waals surface area contributed by atoms with E-state index in [0.29, 0.717) is 24.5 Å². The molecule has 0 aliphatic carbocycles. The number of hydrogen-bond donors (Lipinski definition) is 2. The van der Waals surface area contributed by atoms with Gasteiger partial charge in [-0.05, 0) is 40.9 Å². The number of anilines is 2. The van der Waals surface area contributed by atoms with Crippen molar-refractivity contribution in [3.8, 4) is 6.01 Å². The molecule has 21 heavy (non-hydrogen) atoms. The van der Waals surface area contributed by atoms with Gasteiger partial charge in [0.25, 0.3) is 0 Å². The van der Waals surface area contributed by atoms with Crippen LogP contribution in [0, 0.1) is 0 Å². The lowest BCUT2D eigenvalue weighted by Gasteiger charge is -2.08. The number of ether oxygens (including phenoxy) is 1. The van der Waals surface area contributed by atoms with Crippen molar-refractivity contribution in [3.63, 3.8) is 0 Å². The highest BCUT2D eigenvalue weighted by Gasteiger charge is 2.06. The van der Waals surface area contributed by atoms with Crippen LogP contribution in [0.1, 0.15) is 18.2 Å². The first-order valence-corrected chi connectivity index (χ1v) is 8.37. The van der Waals surface area contributed by atoms with Crippen LogP contribution < -0.4 is 15.4 Å². The maximum atomic E-state index is 5.46. The summed E-state index contributed by atoms with van der Waals surface area (Å²) in [5.41, 5.74) is 0. The zero-order valence-electron chi connectivity index (χ0n) is 12.0. The monoisotopic (exact) mass is 371 g/mol.